The summed E-state index contributed by atoms with van der Waals surface area (Å²) in [5.74, 6) is 1.25. The summed E-state index contributed by atoms with van der Waals surface area (Å²) in [5.41, 5.74) is 3.92. The molecule has 0 aliphatic heterocycles. The van der Waals surface area contributed by atoms with Gasteiger partial charge >= 0.3 is 0 Å². The van der Waals surface area contributed by atoms with Gasteiger partial charge in [-0.15, -0.1) is 22.7 Å². The molecule has 0 saturated carbocycles. The first-order chi connectivity index (χ1) is 13.8. The summed E-state index contributed by atoms with van der Waals surface area (Å²) in [6.45, 7) is 0. The van der Waals surface area contributed by atoms with Crippen LogP contribution in [0.4, 0.5) is 0 Å². The van der Waals surface area contributed by atoms with E-state index in [0.29, 0.717) is 33.8 Å². The van der Waals surface area contributed by atoms with E-state index in [4.69, 9.17) is 29.4 Å². The SMILES string of the molecule is COc1ccc(OC)c2nc3nc4c5ccsc5c5sccc5c4nc3nc12. The average Bonchev–Trinajstić information content (AvgIpc) is 3.39. The van der Waals surface area contributed by atoms with Crippen molar-refractivity contribution in [1.29, 1.82) is 0 Å². The van der Waals surface area contributed by atoms with Gasteiger partial charge in [-0.05, 0) is 35.0 Å². The molecular formula is C20H12N4O2S2. The molecule has 0 saturated heterocycles. The van der Waals surface area contributed by atoms with E-state index in [9.17, 15) is 0 Å². The van der Waals surface area contributed by atoms with Crippen LogP contribution in [0.3, 0.4) is 0 Å². The Balaban J connectivity index is 1.83. The molecule has 8 heteroatoms. The molecule has 136 valence electrons. The maximum absolute atomic E-state index is 5.47. The van der Waals surface area contributed by atoms with Gasteiger partial charge in [0.1, 0.15) is 33.6 Å². The third-order valence-corrected chi connectivity index (χ3v) is 6.85. The smallest absolute Gasteiger partial charge is 0.199 e. The lowest BCUT2D eigenvalue weighted by molar-refractivity contribution is 0.409. The lowest BCUT2D eigenvalue weighted by atomic mass is 10.1. The van der Waals surface area contributed by atoms with Crippen molar-refractivity contribution in [2.75, 3.05) is 14.2 Å². The summed E-state index contributed by atoms with van der Waals surface area (Å²) in [4.78, 5) is 19.2. The minimum atomic E-state index is 0.494. The van der Waals surface area contributed by atoms with Crippen LogP contribution in [0.2, 0.25) is 0 Å². The maximum Gasteiger partial charge on any atom is 0.199 e. The maximum atomic E-state index is 5.47. The molecule has 28 heavy (non-hydrogen) atoms. The zero-order chi connectivity index (χ0) is 18.8. The number of aromatic nitrogens is 4. The number of rotatable bonds is 2. The second kappa shape index (κ2) is 5.70. The minimum Gasteiger partial charge on any atom is -0.494 e. The van der Waals surface area contributed by atoms with Crippen molar-refractivity contribution in [2.45, 2.75) is 0 Å². The van der Waals surface area contributed by atoms with E-state index < -0.39 is 0 Å². The highest BCUT2D eigenvalue weighted by Crippen LogP contribution is 2.40. The minimum absolute atomic E-state index is 0.494. The number of ether oxygens (including phenoxy) is 2. The van der Waals surface area contributed by atoms with Crippen molar-refractivity contribution in [1.82, 2.24) is 19.9 Å². The monoisotopic (exact) mass is 404 g/mol. The predicted octanol–water partition coefficient (Wildman–Crippen LogP) is 5.17. The molecule has 0 aliphatic carbocycles. The first kappa shape index (κ1) is 15.9. The Morgan fingerprint density at radius 2 is 1.04 bits per heavy atom. The fourth-order valence-corrected chi connectivity index (χ4v) is 5.57. The van der Waals surface area contributed by atoms with Crippen molar-refractivity contribution < 1.29 is 9.47 Å². The molecule has 0 bridgehead atoms. The van der Waals surface area contributed by atoms with E-state index in [-0.39, 0.29) is 0 Å². The molecule has 6 aromatic rings. The van der Waals surface area contributed by atoms with E-state index in [1.165, 1.54) is 9.40 Å². The van der Waals surface area contributed by atoms with Crippen molar-refractivity contribution >= 4 is 76.2 Å². The van der Waals surface area contributed by atoms with Gasteiger partial charge in [0.2, 0.25) is 0 Å². The number of hydrogen-bond acceptors (Lipinski definition) is 8. The van der Waals surface area contributed by atoms with Crippen LogP contribution in [0.5, 0.6) is 11.5 Å². The van der Waals surface area contributed by atoms with Gasteiger partial charge in [-0.2, -0.15) is 0 Å². The summed E-state index contributed by atoms with van der Waals surface area (Å²) in [6.07, 6.45) is 0. The predicted molar refractivity (Wildman–Crippen MR) is 114 cm³/mol. The molecule has 6 rings (SSSR count). The summed E-state index contributed by atoms with van der Waals surface area (Å²) in [7, 11) is 3.22. The first-order valence-electron chi connectivity index (χ1n) is 8.55. The van der Waals surface area contributed by atoms with Crippen LogP contribution in [0.25, 0.3) is 53.5 Å². The van der Waals surface area contributed by atoms with Crippen molar-refractivity contribution in [2.24, 2.45) is 0 Å². The van der Waals surface area contributed by atoms with Crippen molar-refractivity contribution in [3.05, 3.63) is 35.0 Å². The molecule has 0 fully saturated rings. The fraction of sp³-hybridized carbons (Fsp3) is 0.100. The molecule has 6 nitrogen and oxygen atoms in total. The number of fused-ring (bicyclic) bond motifs is 8. The largest absolute Gasteiger partial charge is 0.494 e. The highest BCUT2D eigenvalue weighted by Gasteiger charge is 2.17. The fourth-order valence-electron chi connectivity index (χ4n) is 3.59. The third kappa shape index (κ3) is 2.01. The molecule has 4 aromatic heterocycles. The van der Waals surface area contributed by atoms with Gasteiger partial charge in [0.25, 0.3) is 0 Å². The average molecular weight is 404 g/mol. The summed E-state index contributed by atoms with van der Waals surface area (Å²) in [5, 5.41) is 6.39. The first-order valence-corrected chi connectivity index (χ1v) is 10.3. The van der Waals surface area contributed by atoms with Crippen molar-refractivity contribution in [3.63, 3.8) is 0 Å². The standard InChI is InChI=1S/C20H12N4O2S2/c1-25-11-3-4-12(26-2)16-15(11)23-19-20(24-16)22-14-10-6-8-28-18(10)17-9(5-7-27-17)13(14)21-19/h3-8H,1-2H3. The summed E-state index contributed by atoms with van der Waals surface area (Å²) >= 11 is 3.45. The van der Waals surface area contributed by atoms with Crippen LogP contribution >= 0.6 is 22.7 Å². The molecule has 0 atom stereocenters. The number of thiophene rings is 2. The second-order valence-electron chi connectivity index (χ2n) is 6.29. The Morgan fingerprint density at radius 3 is 1.46 bits per heavy atom. The molecule has 0 amide bonds. The van der Waals surface area contributed by atoms with Gasteiger partial charge in [-0.25, -0.2) is 19.9 Å². The molecule has 0 unspecified atom stereocenters. The summed E-state index contributed by atoms with van der Waals surface area (Å²) < 4.78 is 13.4. The number of nitrogens with zero attached hydrogens (tertiary/aromatic N) is 4. The van der Waals surface area contributed by atoms with Crippen LogP contribution < -0.4 is 9.47 Å². The quantitative estimate of drug-likeness (QED) is 0.371. The topological polar surface area (TPSA) is 70.0 Å². The van der Waals surface area contributed by atoms with Crippen LogP contribution in [0, 0.1) is 0 Å². The van der Waals surface area contributed by atoms with Gasteiger partial charge < -0.3 is 9.47 Å². The molecule has 0 spiro atoms. The Kier molecular flexibility index (Phi) is 3.24. The van der Waals surface area contributed by atoms with Crippen LogP contribution in [0.1, 0.15) is 0 Å². The van der Waals surface area contributed by atoms with E-state index >= 15 is 0 Å². The third-order valence-electron chi connectivity index (χ3n) is 4.86. The molecule has 4 heterocycles. The van der Waals surface area contributed by atoms with Gasteiger partial charge in [-0.1, -0.05) is 0 Å². The normalized spacial score (nSPS) is 11.9. The highest BCUT2D eigenvalue weighted by atomic mass is 32.1. The number of methoxy groups -OCH3 is 2. The summed E-state index contributed by atoms with van der Waals surface area (Å²) in [6, 6.07) is 7.84. The van der Waals surface area contributed by atoms with E-state index in [1.807, 2.05) is 12.1 Å². The Bertz CT molecular complexity index is 1440. The van der Waals surface area contributed by atoms with Crippen LogP contribution in [0.15, 0.2) is 35.0 Å². The molecule has 2 aromatic carbocycles. The Morgan fingerprint density at radius 1 is 0.607 bits per heavy atom. The number of benzene rings is 2. The van der Waals surface area contributed by atoms with Gasteiger partial charge in [0.15, 0.2) is 11.3 Å². The second-order valence-corrected chi connectivity index (χ2v) is 8.12. The van der Waals surface area contributed by atoms with Gasteiger partial charge in [0.05, 0.1) is 23.6 Å². The van der Waals surface area contributed by atoms with E-state index in [2.05, 4.69) is 22.9 Å². The van der Waals surface area contributed by atoms with Gasteiger partial charge in [-0.3, -0.25) is 0 Å². The zero-order valence-corrected chi connectivity index (χ0v) is 16.5. The lowest BCUT2D eigenvalue weighted by Gasteiger charge is -2.09. The Hall–Kier alpha value is -3.10. The lowest BCUT2D eigenvalue weighted by Crippen LogP contribution is -1.98. The Labute approximate surface area is 166 Å². The molecule has 0 radical (unpaired) electrons. The highest BCUT2D eigenvalue weighted by molar-refractivity contribution is 7.25. The molecule has 0 N–H and O–H groups in total. The van der Waals surface area contributed by atoms with Crippen LogP contribution in [-0.4, -0.2) is 34.2 Å². The number of hydrogen-bond donors (Lipinski definition) is 0. The van der Waals surface area contributed by atoms with E-state index in [1.54, 1.807) is 36.9 Å². The molecule has 0 aliphatic rings. The molecular weight excluding hydrogens is 392 g/mol. The van der Waals surface area contributed by atoms with Crippen LogP contribution in [-0.2, 0) is 0 Å². The van der Waals surface area contributed by atoms with E-state index in [0.717, 1.165) is 21.8 Å². The van der Waals surface area contributed by atoms with Crippen molar-refractivity contribution in [3.8, 4) is 11.5 Å². The van der Waals surface area contributed by atoms with Gasteiger partial charge in [0, 0.05) is 10.8 Å². The zero-order valence-electron chi connectivity index (χ0n) is 14.9.